The van der Waals surface area contributed by atoms with Crippen molar-refractivity contribution >= 4 is 16.9 Å². The van der Waals surface area contributed by atoms with Gasteiger partial charge in [-0.05, 0) is 17.5 Å². The lowest BCUT2D eigenvalue weighted by Gasteiger charge is -1.88. The first-order valence-corrected chi connectivity index (χ1v) is 4.04. The highest BCUT2D eigenvalue weighted by atomic mass is 16.4. The molecule has 0 fully saturated rings. The molecule has 3 heteroatoms. The summed E-state index contributed by atoms with van der Waals surface area (Å²) in [6, 6.07) is 9.60. The fourth-order valence-corrected chi connectivity index (χ4v) is 1.39. The van der Waals surface area contributed by atoms with Crippen molar-refractivity contribution in [3.8, 4) is 0 Å². The summed E-state index contributed by atoms with van der Waals surface area (Å²) in [7, 11) is 0. The Kier molecular flexibility index (Phi) is 1.77. The Morgan fingerprint density at radius 1 is 1.38 bits per heavy atom. The number of aliphatic carboxylic acids is 1. The highest BCUT2D eigenvalue weighted by Crippen LogP contribution is 2.14. The summed E-state index contributed by atoms with van der Waals surface area (Å²) in [5.74, 6) is -0.813. The lowest BCUT2D eigenvalue weighted by Crippen LogP contribution is -1.99. The SMILES string of the molecule is O=C(O)[14CH2]c1cc2ccccc2[nH]1. The maximum Gasteiger partial charge on any atom is 0.309 e. The van der Waals surface area contributed by atoms with Crippen LogP contribution in [0.3, 0.4) is 0 Å². The zero-order valence-corrected chi connectivity index (χ0v) is 6.95. The molecule has 66 valence electrons. The largest absolute Gasteiger partial charge is 0.481 e. The van der Waals surface area contributed by atoms with E-state index in [4.69, 9.17) is 5.11 Å². The molecule has 0 aliphatic carbocycles. The van der Waals surface area contributed by atoms with Crippen LogP contribution in [0.25, 0.3) is 10.9 Å². The van der Waals surface area contributed by atoms with Gasteiger partial charge in [-0.1, -0.05) is 18.2 Å². The van der Waals surface area contributed by atoms with Crippen molar-refractivity contribution < 1.29 is 9.90 Å². The minimum Gasteiger partial charge on any atom is -0.481 e. The average molecular weight is 177 g/mol. The molecule has 0 radical (unpaired) electrons. The van der Waals surface area contributed by atoms with Gasteiger partial charge in [0.05, 0.1) is 6.42 Å². The van der Waals surface area contributed by atoms with Crippen molar-refractivity contribution in [3.63, 3.8) is 0 Å². The molecular weight excluding hydrogens is 168 g/mol. The van der Waals surface area contributed by atoms with Crippen LogP contribution in [-0.4, -0.2) is 16.1 Å². The fourth-order valence-electron chi connectivity index (χ4n) is 1.39. The third-order valence-electron chi connectivity index (χ3n) is 1.93. The summed E-state index contributed by atoms with van der Waals surface area (Å²) in [6.45, 7) is 0. The fraction of sp³-hybridized carbons (Fsp3) is 0.100. The van der Waals surface area contributed by atoms with Gasteiger partial charge in [0.25, 0.3) is 0 Å². The lowest BCUT2D eigenvalue weighted by atomic mass is 10.2. The van der Waals surface area contributed by atoms with Crippen molar-refractivity contribution in [2.75, 3.05) is 0 Å². The first-order chi connectivity index (χ1) is 6.25. The molecule has 0 atom stereocenters. The number of hydrogen-bond acceptors (Lipinski definition) is 1. The molecule has 1 aromatic carbocycles. The van der Waals surface area contributed by atoms with E-state index in [0.717, 1.165) is 16.6 Å². The molecule has 2 N–H and O–H groups in total. The molecule has 3 nitrogen and oxygen atoms in total. The quantitative estimate of drug-likeness (QED) is 0.734. The molecular formula is C10H9NO2. The Bertz CT molecular complexity index is 412. The second kappa shape index (κ2) is 2.94. The van der Waals surface area contributed by atoms with Crippen molar-refractivity contribution in [1.82, 2.24) is 4.98 Å². The van der Waals surface area contributed by atoms with E-state index in [1.807, 2.05) is 30.3 Å². The van der Waals surface area contributed by atoms with E-state index in [9.17, 15) is 4.79 Å². The van der Waals surface area contributed by atoms with Crippen molar-refractivity contribution in [2.24, 2.45) is 0 Å². The molecule has 0 saturated heterocycles. The number of benzene rings is 1. The Morgan fingerprint density at radius 2 is 2.15 bits per heavy atom. The van der Waals surface area contributed by atoms with Crippen molar-refractivity contribution in [1.29, 1.82) is 0 Å². The number of nitrogens with one attached hydrogen (secondary N) is 1. The predicted octanol–water partition coefficient (Wildman–Crippen LogP) is 1.79. The molecule has 0 unspecified atom stereocenters. The van der Waals surface area contributed by atoms with Crippen LogP contribution in [0, 0.1) is 0 Å². The van der Waals surface area contributed by atoms with E-state index in [1.54, 1.807) is 0 Å². The standard InChI is InChI=1S/C10H9NO2/c12-10(13)6-8-5-7-3-1-2-4-9(7)11-8/h1-5,11H,6H2,(H,12,13)/i6+2. The lowest BCUT2D eigenvalue weighted by molar-refractivity contribution is -0.136. The van der Waals surface area contributed by atoms with Gasteiger partial charge >= 0.3 is 5.97 Å². The molecule has 2 rings (SSSR count). The van der Waals surface area contributed by atoms with Gasteiger partial charge in [0, 0.05) is 11.2 Å². The Labute approximate surface area is 75.0 Å². The van der Waals surface area contributed by atoms with Gasteiger partial charge in [-0.15, -0.1) is 0 Å². The van der Waals surface area contributed by atoms with E-state index >= 15 is 0 Å². The second-order valence-corrected chi connectivity index (χ2v) is 2.95. The van der Waals surface area contributed by atoms with Gasteiger partial charge in [-0.25, -0.2) is 0 Å². The highest BCUT2D eigenvalue weighted by molar-refractivity contribution is 5.82. The molecule has 0 amide bonds. The normalized spacial score (nSPS) is 10.5. The summed E-state index contributed by atoms with van der Waals surface area (Å²) >= 11 is 0. The summed E-state index contributed by atoms with van der Waals surface area (Å²) < 4.78 is 0. The molecule has 0 spiro atoms. The molecule has 1 aromatic heterocycles. The van der Waals surface area contributed by atoms with Gasteiger partial charge in [0.15, 0.2) is 0 Å². The number of para-hydroxylation sites is 1. The molecule has 0 bridgehead atoms. The van der Waals surface area contributed by atoms with Crippen LogP contribution >= 0.6 is 0 Å². The minimum absolute atomic E-state index is 0.0503. The summed E-state index contributed by atoms with van der Waals surface area (Å²) in [5.41, 5.74) is 1.73. The van der Waals surface area contributed by atoms with Crippen molar-refractivity contribution in [2.45, 2.75) is 6.42 Å². The molecule has 0 saturated carbocycles. The zero-order chi connectivity index (χ0) is 9.26. The molecule has 2 aromatic rings. The van der Waals surface area contributed by atoms with Crippen LogP contribution in [0.4, 0.5) is 0 Å². The van der Waals surface area contributed by atoms with E-state index in [1.165, 1.54) is 0 Å². The molecule has 0 aliphatic rings. The average Bonchev–Trinajstić information content (AvgIpc) is 2.44. The first kappa shape index (κ1) is 7.86. The Balaban J connectivity index is 2.44. The summed E-state index contributed by atoms with van der Waals surface area (Å²) in [6.07, 6.45) is 0.0503. The number of carbonyl (C=O) groups is 1. The topological polar surface area (TPSA) is 53.1 Å². The highest BCUT2D eigenvalue weighted by Gasteiger charge is 2.03. The Morgan fingerprint density at radius 3 is 2.85 bits per heavy atom. The van der Waals surface area contributed by atoms with E-state index in [-0.39, 0.29) is 6.42 Å². The number of hydrogen-bond donors (Lipinski definition) is 2. The van der Waals surface area contributed by atoms with Gasteiger partial charge < -0.3 is 10.1 Å². The summed E-state index contributed by atoms with van der Waals surface area (Å²) in [5, 5.41) is 9.63. The second-order valence-electron chi connectivity index (χ2n) is 2.95. The number of rotatable bonds is 2. The Hall–Kier alpha value is -1.77. The number of carboxylic acids is 1. The number of carboxylic acid groups (broad SMARTS) is 1. The van der Waals surface area contributed by atoms with Gasteiger partial charge in [-0.2, -0.15) is 0 Å². The minimum atomic E-state index is -0.813. The van der Waals surface area contributed by atoms with Crippen LogP contribution in [0.5, 0.6) is 0 Å². The van der Waals surface area contributed by atoms with Crippen LogP contribution in [0.15, 0.2) is 30.3 Å². The number of fused-ring (bicyclic) bond motifs is 1. The van der Waals surface area contributed by atoms with Crippen LogP contribution in [0.2, 0.25) is 0 Å². The van der Waals surface area contributed by atoms with E-state index in [0.29, 0.717) is 0 Å². The number of aromatic nitrogens is 1. The van der Waals surface area contributed by atoms with Crippen LogP contribution in [-0.2, 0) is 11.2 Å². The molecule has 13 heavy (non-hydrogen) atoms. The van der Waals surface area contributed by atoms with E-state index in [2.05, 4.69) is 4.98 Å². The van der Waals surface area contributed by atoms with Crippen LogP contribution in [0.1, 0.15) is 5.69 Å². The first-order valence-electron chi connectivity index (χ1n) is 4.04. The van der Waals surface area contributed by atoms with Gasteiger partial charge in [0.2, 0.25) is 0 Å². The maximum atomic E-state index is 10.4. The van der Waals surface area contributed by atoms with Gasteiger partial charge in [-0.3, -0.25) is 4.79 Å². The third-order valence-corrected chi connectivity index (χ3v) is 1.93. The molecule has 0 aliphatic heterocycles. The number of aromatic amines is 1. The van der Waals surface area contributed by atoms with Crippen molar-refractivity contribution in [3.05, 3.63) is 36.0 Å². The maximum absolute atomic E-state index is 10.4. The van der Waals surface area contributed by atoms with Gasteiger partial charge in [0.1, 0.15) is 0 Å². The number of H-pyrrole nitrogens is 1. The molecule has 1 heterocycles. The predicted molar refractivity (Wildman–Crippen MR) is 49.6 cm³/mol. The zero-order valence-electron chi connectivity index (χ0n) is 6.95. The van der Waals surface area contributed by atoms with Crippen LogP contribution < -0.4 is 0 Å². The smallest absolute Gasteiger partial charge is 0.309 e. The van der Waals surface area contributed by atoms with E-state index < -0.39 is 5.97 Å². The summed E-state index contributed by atoms with van der Waals surface area (Å²) in [4.78, 5) is 13.5. The monoisotopic (exact) mass is 177 g/mol. The third kappa shape index (κ3) is 1.54.